The fourth-order valence-electron chi connectivity index (χ4n) is 1.36. The van der Waals surface area contributed by atoms with Crippen LogP contribution in [-0.2, 0) is 10.0 Å². The van der Waals surface area contributed by atoms with Crippen molar-refractivity contribution in [2.24, 2.45) is 0 Å². The topological polar surface area (TPSA) is 72.6 Å². The molecule has 1 aromatic rings. The van der Waals surface area contributed by atoms with Crippen LogP contribution in [0.1, 0.15) is 0 Å². The van der Waals surface area contributed by atoms with E-state index >= 15 is 0 Å². The Morgan fingerprint density at radius 1 is 1.44 bits per heavy atom. The maximum Gasteiger partial charge on any atom is 0.252 e. The number of nitrogens with zero attached hydrogens (tertiary/aromatic N) is 1. The van der Waals surface area contributed by atoms with Gasteiger partial charge in [0.25, 0.3) is 6.43 Å². The van der Waals surface area contributed by atoms with Gasteiger partial charge in [-0.3, -0.25) is 0 Å². The van der Waals surface area contributed by atoms with Gasteiger partial charge in [-0.2, -0.15) is 4.31 Å². The fraction of sp³-hybridized carbons (Fsp3) is 0.400. The first-order chi connectivity index (χ1) is 8.28. The van der Waals surface area contributed by atoms with Gasteiger partial charge in [-0.1, -0.05) is 0 Å². The van der Waals surface area contributed by atoms with Crippen molar-refractivity contribution >= 4 is 15.7 Å². The molecule has 0 aliphatic rings. The molecule has 5 nitrogen and oxygen atoms in total. The Morgan fingerprint density at radius 3 is 2.56 bits per heavy atom. The van der Waals surface area contributed by atoms with E-state index in [1.54, 1.807) is 0 Å². The van der Waals surface area contributed by atoms with Crippen LogP contribution in [-0.4, -0.2) is 39.9 Å². The number of hydrogen-bond acceptors (Lipinski definition) is 4. The summed E-state index contributed by atoms with van der Waals surface area (Å²) in [6, 6.07) is 3.92. The van der Waals surface area contributed by atoms with Crippen LogP contribution in [0.5, 0.6) is 5.75 Å². The highest BCUT2D eigenvalue weighted by Crippen LogP contribution is 2.28. The minimum atomic E-state index is -4.02. The molecule has 0 amide bonds. The quantitative estimate of drug-likeness (QED) is 0.822. The van der Waals surface area contributed by atoms with E-state index < -0.39 is 23.0 Å². The van der Waals surface area contributed by atoms with Crippen LogP contribution in [0.15, 0.2) is 23.1 Å². The lowest BCUT2D eigenvalue weighted by molar-refractivity contribution is 0.126. The predicted octanol–water partition coefficient (Wildman–Crippen LogP) is 1.16. The summed E-state index contributed by atoms with van der Waals surface area (Å²) in [5.41, 5.74) is 5.82. The molecule has 0 bridgehead atoms. The van der Waals surface area contributed by atoms with E-state index in [0.717, 1.165) is 7.05 Å². The number of anilines is 1. The molecule has 0 spiro atoms. The maximum atomic E-state index is 12.2. The molecule has 0 aliphatic carbocycles. The number of nitrogen functional groups attached to an aromatic ring is 1. The predicted molar refractivity (Wildman–Crippen MR) is 63.2 cm³/mol. The van der Waals surface area contributed by atoms with Gasteiger partial charge < -0.3 is 10.5 Å². The molecule has 1 aromatic carbocycles. The molecule has 2 N–H and O–H groups in total. The molecular formula is C10H14F2N2O3S. The first-order valence-electron chi connectivity index (χ1n) is 4.97. The zero-order chi connectivity index (χ0) is 13.9. The van der Waals surface area contributed by atoms with Crippen LogP contribution in [0.2, 0.25) is 0 Å². The maximum absolute atomic E-state index is 12.2. The number of sulfonamides is 1. The molecule has 0 aromatic heterocycles. The number of rotatable bonds is 5. The van der Waals surface area contributed by atoms with Crippen LogP contribution >= 0.6 is 0 Å². The first kappa shape index (κ1) is 14.7. The van der Waals surface area contributed by atoms with Gasteiger partial charge in [-0.05, 0) is 12.1 Å². The summed E-state index contributed by atoms with van der Waals surface area (Å²) in [6.45, 7) is -0.879. The Kier molecular flexibility index (Phi) is 4.47. The SMILES string of the molecule is COc1cc(N)ccc1S(=O)(=O)N(C)CC(F)F. The van der Waals surface area contributed by atoms with Crippen molar-refractivity contribution in [1.82, 2.24) is 4.31 Å². The molecule has 1 rings (SSSR count). The van der Waals surface area contributed by atoms with Crippen molar-refractivity contribution in [2.45, 2.75) is 11.3 Å². The molecule has 102 valence electrons. The summed E-state index contributed by atoms with van der Waals surface area (Å²) in [6.07, 6.45) is -2.75. The van der Waals surface area contributed by atoms with Crippen molar-refractivity contribution in [2.75, 3.05) is 26.4 Å². The van der Waals surface area contributed by atoms with Gasteiger partial charge in [0, 0.05) is 18.8 Å². The summed E-state index contributed by atoms with van der Waals surface area (Å²) in [7, 11) is -1.66. The minimum absolute atomic E-state index is 0.0242. The molecule has 0 saturated heterocycles. The van der Waals surface area contributed by atoms with Gasteiger partial charge in [0.05, 0.1) is 13.7 Å². The number of methoxy groups -OCH3 is 1. The lowest BCUT2D eigenvalue weighted by Gasteiger charge is -2.18. The monoisotopic (exact) mass is 280 g/mol. The van der Waals surface area contributed by atoms with Crippen molar-refractivity contribution in [3.8, 4) is 5.75 Å². The van der Waals surface area contributed by atoms with E-state index in [0.29, 0.717) is 9.99 Å². The van der Waals surface area contributed by atoms with E-state index in [-0.39, 0.29) is 10.6 Å². The van der Waals surface area contributed by atoms with E-state index in [2.05, 4.69) is 0 Å². The molecule has 8 heteroatoms. The molecular weight excluding hydrogens is 266 g/mol. The fourth-order valence-corrected chi connectivity index (χ4v) is 2.64. The molecule has 0 heterocycles. The lowest BCUT2D eigenvalue weighted by atomic mass is 10.3. The number of hydrogen-bond donors (Lipinski definition) is 1. The van der Waals surface area contributed by atoms with Crippen molar-refractivity contribution < 1.29 is 21.9 Å². The van der Waals surface area contributed by atoms with Gasteiger partial charge in [0.2, 0.25) is 10.0 Å². The van der Waals surface area contributed by atoms with Crippen LogP contribution in [0, 0.1) is 0 Å². The molecule has 0 fully saturated rings. The van der Waals surface area contributed by atoms with Crippen molar-refractivity contribution in [1.29, 1.82) is 0 Å². The van der Waals surface area contributed by atoms with Crippen molar-refractivity contribution in [3.05, 3.63) is 18.2 Å². The van der Waals surface area contributed by atoms with Gasteiger partial charge >= 0.3 is 0 Å². The van der Waals surface area contributed by atoms with E-state index in [1.807, 2.05) is 0 Å². The van der Waals surface area contributed by atoms with Gasteiger partial charge in [0.15, 0.2) is 0 Å². The third-order valence-electron chi connectivity index (χ3n) is 2.27. The number of benzene rings is 1. The van der Waals surface area contributed by atoms with E-state index in [1.165, 1.54) is 25.3 Å². The Labute approximate surface area is 104 Å². The summed E-state index contributed by atoms with van der Waals surface area (Å²) in [5.74, 6) is 0.0242. The zero-order valence-corrected chi connectivity index (χ0v) is 10.7. The average molecular weight is 280 g/mol. The molecule has 18 heavy (non-hydrogen) atoms. The zero-order valence-electron chi connectivity index (χ0n) is 9.93. The van der Waals surface area contributed by atoms with Gasteiger partial charge in [0.1, 0.15) is 10.6 Å². The van der Waals surface area contributed by atoms with Crippen LogP contribution < -0.4 is 10.5 Å². The molecule has 0 aliphatic heterocycles. The highest BCUT2D eigenvalue weighted by molar-refractivity contribution is 7.89. The molecule has 0 radical (unpaired) electrons. The van der Waals surface area contributed by atoms with Gasteiger partial charge in [-0.15, -0.1) is 0 Å². The summed E-state index contributed by atoms with van der Waals surface area (Å²) in [4.78, 5) is -0.192. The van der Waals surface area contributed by atoms with Crippen LogP contribution in [0.3, 0.4) is 0 Å². The Bertz CT molecular complexity index is 520. The summed E-state index contributed by atoms with van der Waals surface area (Å²) < 4.78 is 54.0. The molecule has 0 unspecified atom stereocenters. The smallest absolute Gasteiger partial charge is 0.252 e. The highest BCUT2D eigenvalue weighted by atomic mass is 32.2. The highest BCUT2D eigenvalue weighted by Gasteiger charge is 2.26. The number of nitrogens with two attached hydrogens (primary N) is 1. The Morgan fingerprint density at radius 2 is 2.06 bits per heavy atom. The normalized spacial score (nSPS) is 12.1. The summed E-state index contributed by atoms with van der Waals surface area (Å²) in [5, 5.41) is 0. The van der Waals surface area contributed by atoms with Crippen molar-refractivity contribution in [3.63, 3.8) is 0 Å². The second-order valence-corrected chi connectivity index (χ2v) is 5.60. The third-order valence-corrected chi connectivity index (χ3v) is 4.13. The minimum Gasteiger partial charge on any atom is -0.495 e. The average Bonchev–Trinajstić information content (AvgIpc) is 2.27. The third kappa shape index (κ3) is 3.08. The standard InChI is InChI=1S/C10H14F2N2O3S/c1-14(6-10(11)12)18(15,16)9-4-3-7(13)5-8(9)17-2/h3-5,10H,6,13H2,1-2H3. The van der Waals surface area contributed by atoms with E-state index in [4.69, 9.17) is 10.5 Å². The first-order valence-corrected chi connectivity index (χ1v) is 6.41. The Hall–Kier alpha value is -1.41. The second kappa shape index (κ2) is 5.49. The lowest BCUT2D eigenvalue weighted by Crippen LogP contribution is -2.31. The number of ether oxygens (including phenoxy) is 1. The summed E-state index contributed by atoms with van der Waals surface area (Å²) >= 11 is 0. The molecule has 0 saturated carbocycles. The Balaban J connectivity index is 3.20. The largest absolute Gasteiger partial charge is 0.495 e. The van der Waals surface area contributed by atoms with Gasteiger partial charge in [-0.25, -0.2) is 17.2 Å². The van der Waals surface area contributed by atoms with Crippen LogP contribution in [0.4, 0.5) is 14.5 Å². The second-order valence-electron chi connectivity index (χ2n) is 3.59. The number of alkyl halides is 2. The van der Waals surface area contributed by atoms with Crippen LogP contribution in [0.25, 0.3) is 0 Å². The number of halogens is 2. The molecule has 0 atom stereocenters. The van der Waals surface area contributed by atoms with E-state index in [9.17, 15) is 17.2 Å².